The number of para-hydroxylation sites is 1. The summed E-state index contributed by atoms with van der Waals surface area (Å²) < 4.78 is 0. The quantitative estimate of drug-likeness (QED) is 0.175. The van der Waals surface area contributed by atoms with Crippen molar-refractivity contribution in [3.05, 3.63) is 193 Å². The highest BCUT2D eigenvalue weighted by atomic mass is 14.7. The molecule has 1 heteroatoms. The van der Waals surface area contributed by atoms with Crippen molar-refractivity contribution in [1.29, 1.82) is 0 Å². The van der Waals surface area contributed by atoms with Crippen molar-refractivity contribution >= 4 is 43.4 Å². The molecule has 0 saturated heterocycles. The number of aromatic nitrogens is 1. The zero-order chi connectivity index (χ0) is 35.5. The van der Waals surface area contributed by atoms with Gasteiger partial charge in [-0.3, -0.25) is 0 Å². The fraction of sp³-hybridized carbons (Fsp3) is 0.0385. The van der Waals surface area contributed by atoms with Crippen LogP contribution in [0.15, 0.2) is 182 Å². The summed E-state index contributed by atoms with van der Waals surface area (Å²) in [6, 6.07) is 67.0. The number of nitrogens with one attached hydrogen (secondary N) is 1. The highest BCUT2D eigenvalue weighted by Gasteiger charge is 2.18. The molecule has 0 atom stereocenters. The Labute approximate surface area is 309 Å². The van der Waals surface area contributed by atoms with Crippen molar-refractivity contribution in [3.63, 3.8) is 0 Å². The molecule has 1 aromatic heterocycles. The van der Waals surface area contributed by atoms with Gasteiger partial charge >= 0.3 is 0 Å². The van der Waals surface area contributed by atoms with Gasteiger partial charge in [0.1, 0.15) is 0 Å². The Morgan fingerprint density at radius 2 is 0.679 bits per heavy atom. The van der Waals surface area contributed by atoms with Gasteiger partial charge in [0.2, 0.25) is 0 Å². The maximum Gasteiger partial charge on any atom is 0.0465 e. The van der Waals surface area contributed by atoms with Crippen LogP contribution in [0, 0.1) is 13.8 Å². The van der Waals surface area contributed by atoms with Crippen molar-refractivity contribution < 1.29 is 0 Å². The molecule has 0 amide bonds. The Morgan fingerprint density at radius 1 is 0.264 bits per heavy atom. The van der Waals surface area contributed by atoms with Crippen molar-refractivity contribution in [2.45, 2.75) is 13.8 Å². The van der Waals surface area contributed by atoms with E-state index in [-0.39, 0.29) is 0 Å². The van der Waals surface area contributed by atoms with Crippen LogP contribution >= 0.6 is 0 Å². The van der Waals surface area contributed by atoms with E-state index >= 15 is 0 Å². The molecule has 0 fully saturated rings. The molecule has 10 rings (SSSR count). The second-order valence-corrected chi connectivity index (χ2v) is 14.4. The van der Waals surface area contributed by atoms with Gasteiger partial charge in [0.15, 0.2) is 0 Å². The van der Waals surface area contributed by atoms with E-state index in [9.17, 15) is 0 Å². The lowest BCUT2D eigenvalue weighted by atomic mass is 9.84. The van der Waals surface area contributed by atoms with Gasteiger partial charge in [0, 0.05) is 21.8 Å². The Bertz CT molecular complexity index is 2960. The molecule has 53 heavy (non-hydrogen) atoms. The van der Waals surface area contributed by atoms with Crippen LogP contribution in [0.2, 0.25) is 0 Å². The van der Waals surface area contributed by atoms with Gasteiger partial charge in [-0.2, -0.15) is 0 Å². The summed E-state index contributed by atoms with van der Waals surface area (Å²) in [4.78, 5) is 3.56. The first kappa shape index (κ1) is 31.1. The minimum absolute atomic E-state index is 1.17. The van der Waals surface area contributed by atoms with E-state index in [0.717, 1.165) is 0 Å². The molecule has 10 aromatic rings. The first-order valence-electron chi connectivity index (χ1n) is 18.4. The Kier molecular flexibility index (Phi) is 7.33. The number of rotatable bonds is 5. The fourth-order valence-electron chi connectivity index (χ4n) is 8.25. The largest absolute Gasteiger partial charge is 0.355 e. The summed E-state index contributed by atoms with van der Waals surface area (Å²) in [5.74, 6) is 0. The van der Waals surface area contributed by atoms with Gasteiger partial charge in [-0.05, 0) is 109 Å². The molecular formula is C52H37N. The number of H-pyrrole nitrogens is 1. The molecule has 0 radical (unpaired) electrons. The number of hydrogen-bond acceptors (Lipinski definition) is 0. The van der Waals surface area contributed by atoms with Gasteiger partial charge in [0.25, 0.3) is 0 Å². The average molecular weight is 676 g/mol. The standard InChI is InChI=1S/C52H37N/c1-33-13-28-45-47(30-33)51(40-22-18-38(19-23-40)37-16-14-36(15-17-37)35-8-4-3-5-9-35)44-27-12-34(2)31-48(44)52(45)41-24-20-39(21-25-41)42-26-29-50-46(32-42)43-10-6-7-11-49(43)53-50/h3-32,53H,1-2H3. The fourth-order valence-corrected chi connectivity index (χ4v) is 8.25. The molecule has 1 heterocycles. The molecule has 1 nitrogen and oxygen atoms in total. The number of aryl methyl sites for hydroxylation is 2. The van der Waals surface area contributed by atoms with Crippen LogP contribution in [0.25, 0.3) is 99.0 Å². The van der Waals surface area contributed by atoms with E-state index < -0.39 is 0 Å². The van der Waals surface area contributed by atoms with Crippen molar-refractivity contribution in [1.82, 2.24) is 4.98 Å². The van der Waals surface area contributed by atoms with Crippen LogP contribution in [-0.4, -0.2) is 4.98 Å². The Morgan fingerprint density at radius 3 is 1.23 bits per heavy atom. The van der Waals surface area contributed by atoms with E-state index in [4.69, 9.17) is 0 Å². The zero-order valence-corrected chi connectivity index (χ0v) is 29.8. The molecule has 0 unspecified atom stereocenters. The van der Waals surface area contributed by atoms with Gasteiger partial charge in [-0.15, -0.1) is 0 Å². The van der Waals surface area contributed by atoms with Crippen LogP contribution < -0.4 is 0 Å². The predicted octanol–water partition coefficient (Wildman–Crippen LogP) is 14.6. The van der Waals surface area contributed by atoms with E-state index in [1.807, 2.05) is 0 Å². The number of fused-ring (bicyclic) bond motifs is 5. The van der Waals surface area contributed by atoms with E-state index in [1.54, 1.807) is 0 Å². The van der Waals surface area contributed by atoms with Crippen molar-refractivity contribution in [2.24, 2.45) is 0 Å². The first-order chi connectivity index (χ1) is 26.1. The van der Waals surface area contributed by atoms with E-state index in [2.05, 4.69) is 201 Å². The van der Waals surface area contributed by atoms with Crippen LogP contribution in [0.3, 0.4) is 0 Å². The van der Waals surface area contributed by atoms with Gasteiger partial charge < -0.3 is 4.98 Å². The van der Waals surface area contributed by atoms with E-state index in [1.165, 1.54) is 110 Å². The SMILES string of the molecule is Cc1ccc2c(-c3ccc(-c4ccc5[nH]c6ccccc6c5c4)cc3)c3cc(C)ccc3c(-c3ccc(-c4ccc(-c5ccccc5)cc4)cc3)c2c1. The third kappa shape index (κ3) is 5.41. The minimum atomic E-state index is 1.17. The highest BCUT2D eigenvalue weighted by Crippen LogP contribution is 2.45. The smallest absolute Gasteiger partial charge is 0.0465 e. The van der Waals surface area contributed by atoms with Gasteiger partial charge in [-0.25, -0.2) is 0 Å². The first-order valence-corrected chi connectivity index (χ1v) is 18.4. The lowest BCUT2D eigenvalue weighted by Crippen LogP contribution is -1.92. The molecule has 0 aliphatic carbocycles. The van der Waals surface area contributed by atoms with E-state index in [0.29, 0.717) is 0 Å². The van der Waals surface area contributed by atoms with Crippen molar-refractivity contribution in [2.75, 3.05) is 0 Å². The van der Waals surface area contributed by atoms with Crippen LogP contribution in [0.1, 0.15) is 11.1 Å². The zero-order valence-electron chi connectivity index (χ0n) is 29.8. The summed E-state index contributed by atoms with van der Waals surface area (Å²) in [5.41, 5.74) is 17.2. The monoisotopic (exact) mass is 675 g/mol. The third-order valence-corrected chi connectivity index (χ3v) is 10.9. The lowest BCUT2D eigenvalue weighted by molar-refractivity contribution is 1.49. The summed E-state index contributed by atoms with van der Waals surface area (Å²) in [6.45, 7) is 4.40. The molecule has 0 aliphatic rings. The molecule has 0 spiro atoms. The Hall–Kier alpha value is -6.70. The van der Waals surface area contributed by atoms with Crippen LogP contribution in [0.5, 0.6) is 0 Å². The second-order valence-electron chi connectivity index (χ2n) is 14.4. The van der Waals surface area contributed by atoms with Gasteiger partial charge in [-0.1, -0.05) is 175 Å². The topological polar surface area (TPSA) is 15.8 Å². The lowest BCUT2D eigenvalue weighted by Gasteiger charge is -2.19. The summed E-state index contributed by atoms with van der Waals surface area (Å²) in [5, 5.41) is 7.64. The van der Waals surface area contributed by atoms with Crippen LogP contribution in [-0.2, 0) is 0 Å². The molecule has 0 bridgehead atoms. The maximum atomic E-state index is 3.56. The van der Waals surface area contributed by atoms with Crippen LogP contribution in [0.4, 0.5) is 0 Å². The molecule has 1 N–H and O–H groups in total. The predicted molar refractivity (Wildman–Crippen MR) is 227 cm³/mol. The molecule has 9 aromatic carbocycles. The third-order valence-electron chi connectivity index (χ3n) is 10.9. The summed E-state index contributed by atoms with van der Waals surface area (Å²) in [7, 11) is 0. The maximum absolute atomic E-state index is 3.56. The normalized spacial score (nSPS) is 11.6. The molecular weight excluding hydrogens is 639 g/mol. The second kappa shape index (κ2) is 12.5. The molecule has 0 aliphatic heterocycles. The average Bonchev–Trinajstić information content (AvgIpc) is 3.59. The minimum Gasteiger partial charge on any atom is -0.355 e. The summed E-state index contributed by atoms with van der Waals surface area (Å²) in [6.07, 6.45) is 0. The van der Waals surface area contributed by atoms with Gasteiger partial charge in [0.05, 0.1) is 0 Å². The number of benzene rings is 9. The molecule has 250 valence electrons. The van der Waals surface area contributed by atoms with Crippen molar-refractivity contribution in [3.8, 4) is 55.6 Å². The highest BCUT2D eigenvalue weighted by molar-refractivity contribution is 6.21. The number of aromatic amines is 1. The Balaban J connectivity index is 1.07. The molecule has 0 saturated carbocycles. The number of hydrogen-bond donors (Lipinski definition) is 1. The summed E-state index contributed by atoms with van der Waals surface area (Å²) >= 11 is 0.